The molecule has 2 aromatic rings. The molecule has 158 valence electrons. The predicted molar refractivity (Wildman–Crippen MR) is 105 cm³/mol. The molecule has 0 aliphatic carbocycles. The number of carbonyl (C=O) groups excluding carboxylic acids is 1. The van der Waals surface area contributed by atoms with Crippen LogP contribution in [0.15, 0.2) is 35.1 Å². The first-order valence-corrected chi connectivity index (χ1v) is 9.03. The van der Waals surface area contributed by atoms with E-state index >= 15 is 0 Å². The van der Waals surface area contributed by atoms with Crippen molar-refractivity contribution in [3.8, 4) is 5.69 Å². The average molecular weight is 431 g/mol. The van der Waals surface area contributed by atoms with E-state index in [0.717, 1.165) is 38.1 Å². The average Bonchev–Trinajstić information content (AvgIpc) is 3.14. The highest BCUT2D eigenvalue weighted by atomic mass is 35.5. The maximum Gasteiger partial charge on any atom is 0.416 e. The maximum atomic E-state index is 13.0. The Hall–Kier alpha value is -2.39. The number of hydrogen-bond donors (Lipinski definition) is 2. The van der Waals surface area contributed by atoms with Gasteiger partial charge in [0.1, 0.15) is 0 Å². The van der Waals surface area contributed by atoms with Gasteiger partial charge in [-0.25, -0.2) is 4.68 Å². The molecule has 29 heavy (non-hydrogen) atoms. The Morgan fingerprint density at radius 1 is 1.34 bits per heavy atom. The molecule has 2 N–H and O–H groups in total. The Morgan fingerprint density at radius 2 is 2.10 bits per heavy atom. The fourth-order valence-electron chi connectivity index (χ4n) is 3.21. The molecule has 2 heterocycles. The van der Waals surface area contributed by atoms with E-state index in [2.05, 4.69) is 15.7 Å². The van der Waals surface area contributed by atoms with Crippen LogP contribution in [-0.2, 0) is 6.18 Å². The number of carbonyl (C=O) groups is 1. The zero-order valence-corrected chi connectivity index (χ0v) is 16.6. The summed E-state index contributed by atoms with van der Waals surface area (Å²) in [5.74, 6) is -0.148. The molecule has 1 aliphatic heterocycles. The Labute approximate surface area is 171 Å². The van der Waals surface area contributed by atoms with Gasteiger partial charge in [-0.1, -0.05) is 6.07 Å². The summed E-state index contributed by atoms with van der Waals surface area (Å²) < 4.78 is 40.1. The number of nitrogens with zero attached hydrogens (tertiary/aromatic N) is 2. The number of aryl methyl sites for hydroxylation is 1. The lowest BCUT2D eigenvalue weighted by molar-refractivity contribution is -0.137. The lowest BCUT2D eigenvalue weighted by Gasteiger charge is -2.14. The Kier molecular flexibility index (Phi) is 7.43. The summed E-state index contributed by atoms with van der Waals surface area (Å²) in [4.78, 5) is 24.6. The molecule has 1 unspecified atom stereocenters. The third-order valence-electron chi connectivity index (χ3n) is 4.74. The molecule has 3 rings (SSSR count). The number of aromatic nitrogens is 2. The molecule has 6 nitrogen and oxygen atoms in total. The molecule has 0 radical (unpaired) electrons. The van der Waals surface area contributed by atoms with Crippen LogP contribution in [0.3, 0.4) is 0 Å². The van der Waals surface area contributed by atoms with Gasteiger partial charge in [0.15, 0.2) is 5.69 Å². The van der Waals surface area contributed by atoms with E-state index in [1.54, 1.807) is 6.92 Å². The minimum absolute atomic E-state index is 0. The third-order valence-corrected chi connectivity index (χ3v) is 4.74. The van der Waals surface area contributed by atoms with Crippen molar-refractivity contribution < 1.29 is 18.0 Å². The summed E-state index contributed by atoms with van der Waals surface area (Å²) in [5.41, 5.74) is -1.29. The smallest absolute Gasteiger partial charge is 0.351 e. The number of nitrogens with one attached hydrogen (secondary N) is 2. The summed E-state index contributed by atoms with van der Waals surface area (Å²) in [5, 5.41) is 9.95. The standard InChI is InChI=1S/C19H21F3N4O2.ClH/c1-12-9-16(27)17(18(28)24-8-6-13-5-7-23-11-13)25-26(12)15-4-2-3-14(10-15)19(20,21)22;/h2-4,9-10,13,23H,5-8,11H2,1H3,(H,24,28);1H. The normalized spacial score (nSPS) is 16.3. The fraction of sp³-hybridized carbons (Fsp3) is 0.421. The van der Waals surface area contributed by atoms with E-state index in [-0.39, 0.29) is 23.8 Å². The number of halogens is 4. The summed E-state index contributed by atoms with van der Waals surface area (Å²) in [6.45, 7) is 3.81. The lowest BCUT2D eigenvalue weighted by Crippen LogP contribution is -2.33. The van der Waals surface area contributed by atoms with Gasteiger partial charge >= 0.3 is 6.18 Å². The Bertz CT molecular complexity index is 924. The Morgan fingerprint density at radius 3 is 2.76 bits per heavy atom. The first kappa shape index (κ1) is 22.9. The van der Waals surface area contributed by atoms with Crippen molar-refractivity contribution in [1.29, 1.82) is 0 Å². The Balaban J connectivity index is 0.00000300. The molecular formula is C19H22ClF3N4O2. The van der Waals surface area contributed by atoms with Crippen LogP contribution in [0, 0.1) is 12.8 Å². The molecule has 0 bridgehead atoms. The van der Waals surface area contributed by atoms with Crippen molar-refractivity contribution in [2.45, 2.75) is 25.9 Å². The van der Waals surface area contributed by atoms with Crippen LogP contribution in [0.1, 0.15) is 34.6 Å². The van der Waals surface area contributed by atoms with E-state index in [0.29, 0.717) is 18.2 Å². The molecule has 1 atom stereocenters. The number of benzene rings is 1. The van der Waals surface area contributed by atoms with E-state index < -0.39 is 23.1 Å². The number of hydrogen-bond acceptors (Lipinski definition) is 4. The maximum absolute atomic E-state index is 13.0. The molecule has 1 aliphatic rings. The molecule has 0 spiro atoms. The van der Waals surface area contributed by atoms with Gasteiger partial charge in [0.25, 0.3) is 5.91 Å². The summed E-state index contributed by atoms with van der Waals surface area (Å²) in [6.07, 6.45) is -2.67. The SMILES string of the molecule is Cc1cc(=O)c(C(=O)NCCC2CCNC2)nn1-c1cccc(C(F)(F)F)c1.Cl. The van der Waals surface area contributed by atoms with Gasteiger partial charge in [-0.15, -0.1) is 12.4 Å². The van der Waals surface area contributed by atoms with Crippen molar-refractivity contribution >= 4 is 18.3 Å². The first-order valence-electron chi connectivity index (χ1n) is 9.03. The van der Waals surface area contributed by atoms with Crippen LogP contribution in [-0.4, -0.2) is 35.3 Å². The van der Waals surface area contributed by atoms with Gasteiger partial charge in [-0.2, -0.15) is 18.3 Å². The van der Waals surface area contributed by atoms with Gasteiger partial charge in [-0.3, -0.25) is 9.59 Å². The van der Waals surface area contributed by atoms with Crippen LogP contribution in [0.2, 0.25) is 0 Å². The second-order valence-electron chi connectivity index (χ2n) is 6.86. The first-order chi connectivity index (χ1) is 13.3. The molecule has 1 amide bonds. The van der Waals surface area contributed by atoms with Crippen molar-refractivity contribution in [1.82, 2.24) is 20.4 Å². The second-order valence-corrected chi connectivity index (χ2v) is 6.86. The highest BCUT2D eigenvalue weighted by Gasteiger charge is 2.30. The molecular weight excluding hydrogens is 409 g/mol. The number of alkyl halides is 3. The van der Waals surface area contributed by atoms with E-state index in [9.17, 15) is 22.8 Å². The second kappa shape index (κ2) is 9.41. The van der Waals surface area contributed by atoms with Gasteiger partial charge < -0.3 is 10.6 Å². The molecule has 1 fully saturated rings. The van der Waals surface area contributed by atoms with Gasteiger partial charge in [0, 0.05) is 18.3 Å². The zero-order chi connectivity index (χ0) is 20.3. The van der Waals surface area contributed by atoms with Gasteiger partial charge in [0.05, 0.1) is 11.3 Å². The number of rotatable bonds is 5. The van der Waals surface area contributed by atoms with E-state index in [1.807, 2.05) is 0 Å². The van der Waals surface area contributed by atoms with Crippen LogP contribution in [0.5, 0.6) is 0 Å². The molecule has 1 aromatic carbocycles. The minimum Gasteiger partial charge on any atom is -0.351 e. The van der Waals surface area contributed by atoms with Crippen molar-refractivity contribution in [3.63, 3.8) is 0 Å². The molecule has 0 saturated carbocycles. The zero-order valence-electron chi connectivity index (χ0n) is 15.8. The third kappa shape index (κ3) is 5.57. The monoisotopic (exact) mass is 430 g/mol. The highest BCUT2D eigenvalue weighted by molar-refractivity contribution is 5.92. The largest absolute Gasteiger partial charge is 0.416 e. The van der Waals surface area contributed by atoms with Crippen LogP contribution >= 0.6 is 12.4 Å². The number of amides is 1. The molecule has 10 heteroatoms. The predicted octanol–water partition coefficient (Wildman–Crippen LogP) is 2.71. The minimum atomic E-state index is -4.50. The molecule has 1 aromatic heterocycles. The summed E-state index contributed by atoms with van der Waals surface area (Å²) in [7, 11) is 0. The van der Waals surface area contributed by atoms with Crippen molar-refractivity contribution in [2.75, 3.05) is 19.6 Å². The van der Waals surface area contributed by atoms with E-state index in [1.165, 1.54) is 22.9 Å². The van der Waals surface area contributed by atoms with Crippen molar-refractivity contribution in [2.24, 2.45) is 5.92 Å². The molecule has 1 saturated heterocycles. The van der Waals surface area contributed by atoms with Crippen molar-refractivity contribution in [3.05, 3.63) is 57.5 Å². The van der Waals surface area contributed by atoms with E-state index in [4.69, 9.17) is 0 Å². The quantitative estimate of drug-likeness (QED) is 0.764. The topological polar surface area (TPSA) is 76.0 Å². The van der Waals surface area contributed by atoms with Crippen LogP contribution in [0.4, 0.5) is 13.2 Å². The van der Waals surface area contributed by atoms with Crippen LogP contribution < -0.4 is 16.1 Å². The van der Waals surface area contributed by atoms with Gasteiger partial charge in [-0.05, 0) is 57.0 Å². The lowest BCUT2D eigenvalue weighted by atomic mass is 10.1. The van der Waals surface area contributed by atoms with Crippen LogP contribution in [0.25, 0.3) is 5.69 Å². The summed E-state index contributed by atoms with van der Waals surface area (Å²) in [6, 6.07) is 5.77. The van der Waals surface area contributed by atoms with Gasteiger partial charge in [0.2, 0.25) is 5.43 Å². The highest BCUT2D eigenvalue weighted by Crippen LogP contribution is 2.30. The summed E-state index contributed by atoms with van der Waals surface area (Å²) >= 11 is 0. The fourth-order valence-corrected chi connectivity index (χ4v) is 3.21.